The van der Waals surface area contributed by atoms with E-state index in [2.05, 4.69) is 10.3 Å². The number of carbonyl (C=O) groups excluding carboxylic acids is 1. The number of alkyl halides is 3. The molecule has 0 aliphatic carbocycles. The van der Waals surface area contributed by atoms with Crippen molar-refractivity contribution in [2.75, 3.05) is 5.32 Å². The Kier molecular flexibility index (Phi) is 7.24. The molecule has 4 rings (SSSR count). The third-order valence-corrected chi connectivity index (χ3v) is 5.87. The second-order valence-corrected chi connectivity index (χ2v) is 8.29. The van der Waals surface area contributed by atoms with Gasteiger partial charge < -0.3 is 15.4 Å². The number of H-pyrrole nitrogens is 1. The van der Waals surface area contributed by atoms with Crippen LogP contribution < -0.4 is 10.9 Å². The maximum atomic E-state index is 13.8. The first-order valence-electron chi connectivity index (χ1n) is 11.2. The number of hydrogen-bond donors (Lipinski definition) is 3. The summed E-state index contributed by atoms with van der Waals surface area (Å²) in [7, 11) is 0. The van der Waals surface area contributed by atoms with Crippen LogP contribution in [0.1, 0.15) is 33.0 Å². The van der Waals surface area contributed by atoms with Gasteiger partial charge in [-0.1, -0.05) is 48.5 Å². The first-order valence-corrected chi connectivity index (χ1v) is 11.2. The van der Waals surface area contributed by atoms with Crippen molar-refractivity contribution in [1.82, 2.24) is 4.98 Å². The number of anilines is 1. The topological polar surface area (TPSA) is 99.3 Å². The minimum atomic E-state index is -4.68. The van der Waals surface area contributed by atoms with Gasteiger partial charge in [-0.15, -0.1) is 0 Å². The predicted octanol–water partition coefficient (Wildman–Crippen LogP) is 5.72. The number of aromatic carboxylic acids is 1. The van der Waals surface area contributed by atoms with Crippen molar-refractivity contribution >= 4 is 17.6 Å². The zero-order valence-electron chi connectivity index (χ0n) is 19.3. The van der Waals surface area contributed by atoms with Crippen LogP contribution in [0.4, 0.5) is 18.9 Å². The van der Waals surface area contributed by atoms with Crippen LogP contribution in [0.15, 0.2) is 95.9 Å². The Morgan fingerprint density at radius 3 is 2.16 bits per heavy atom. The molecule has 0 saturated heterocycles. The summed E-state index contributed by atoms with van der Waals surface area (Å²) in [5.41, 5.74) is -0.953. The van der Waals surface area contributed by atoms with E-state index in [1.807, 2.05) is 0 Å². The molecule has 188 valence electrons. The highest BCUT2D eigenvalue weighted by molar-refractivity contribution is 5.98. The van der Waals surface area contributed by atoms with Crippen molar-refractivity contribution in [3.63, 3.8) is 0 Å². The van der Waals surface area contributed by atoms with E-state index in [9.17, 15) is 27.6 Å². The lowest BCUT2D eigenvalue weighted by Crippen LogP contribution is -2.29. The molecule has 1 atom stereocenters. The smallest absolute Gasteiger partial charge is 0.417 e. The van der Waals surface area contributed by atoms with Crippen LogP contribution in [0.25, 0.3) is 11.1 Å². The van der Waals surface area contributed by atoms with E-state index in [-0.39, 0.29) is 34.4 Å². The van der Waals surface area contributed by atoms with Crippen molar-refractivity contribution < 1.29 is 27.9 Å². The molecule has 3 N–H and O–H groups in total. The minimum absolute atomic E-state index is 0.00557. The molecule has 6 nitrogen and oxygen atoms in total. The van der Waals surface area contributed by atoms with E-state index in [1.54, 1.807) is 30.3 Å². The third kappa shape index (κ3) is 5.78. The predicted molar refractivity (Wildman–Crippen MR) is 132 cm³/mol. The number of halogens is 3. The maximum absolute atomic E-state index is 13.8. The second-order valence-electron chi connectivity index (χ2n) is 8.29. The standard InChI is InChI=1S/C28H21F3N2O4/c29-28(30,31)23-9-5-4-8-20(23)21-14-15-32-26(35)24(21)22(16-17-6-2-1-3-7-17)25(34)33-19-12-10-18(11-13-19)27(36)37/h1-15,22H,16H2,(H,32,35)(H,33,34)(H,36,37). The number of benzene rings is 3. The number of pyridine rings is 1. The van der Waals surface area contributed by atoms with Crippen molar-refractivity contribution in [3.8, 4) is 11.1 Å². The summed E-state index contributed by atoms with van der Waals surface area (Å²) >= 11 is 0. The lowest BCUT2D eigenvalue weighted by molar-refractivity contribution is -0.137. The first-order chi connectivity index (χ1) is 17.6. The molecule has 0 radical (unpaired) electrons. The molecule has 0 fully saturated rings. The average molecular weight is 506 g/mol. The molecular weight excluding hydrogens is 485 g/mol. The van der Waals surface area contributed by atoms with Crippen molar-refractivity contribution in [1.29, 1.82) is 0 Å². The molecule has 1 amide bonds. The van der Waals surface area contributed by atoms with E-state index in [0.717, 1.165) is 6.07 Å². The molecule has 9 heteroatoms. The van der Waals surface area contributed by atoms with Crippen LogP contribution in [-0.2, 0) is 17.4 Å². The highest BCUT2D eigenvalue weighted by Gasteiger charge is 2.35. The van der Waals surface area contributed by atoms with Gasteiger partial charge in [-0.3, -0.25) is 9.59 Å². The van der Waals surface area contributed by atoms with Gasteiger partial charge in [-0.25, -0.2) is 4.79 Å². The molecule has 0 saturated carbocycles. The number of carbonyl (C=O) groups is 2. The van der Waals surface area contributed by atoms with Gasteiger partial charge in [0.15, 0.2) is 0 Å². The van der Waals surface area contributed by atoms with Crippen LogP contribution in [0, 0.1) is 0 Å². The van der Waals surface area contributed by atoms with Crippen LogP contribution in [-0.4, -0.2) is 22.0 Å². The molecule has 37 heavy (non-hydrogen) atoms. The summed E-state index contributed by atoms with van der Waals surface area (Å²) in [6.07, 6.45) is -3.40. The van der Waals surface area contributed by atoms with Gasteiger partial charge in [-0.2, -0.15) is 13.2 Å². The maximum Gasteiger partial charge on any atom is 0.417 e. The number of carboxylic acids is 1. The summed E-state index contributed by atoms with van der Waals surface area (Å²) in [5, 5.41) is 11.8. The van der Waals surface area contributed by atoms with Gasteiger partial charge in [0, 0.05) is 17.4 Å². The van der Waals surface area contributed by atoms with Crippen LogP contribution in [0.2, 0.25) is 0 Å². The number of rotatable bonds is 7. The molecule has 1 heterocycles. The Bertz CT molecular complexity index is 1480. The zero-order chi connectivity index (χ0) is 26.6. The monoisotopic (exact) mass is 506 g/mol. The molecule has 0 bridgehead atoms. The van der Waals surface area contributed by atoms with E-state index >= 15 is 0 Å². The fourth-order valence-corrected chi connectivity index (χ4v) is 4.14. The summed E-state index contributed by atoms with van der Waals surface area (Å²) < 4.78 is 41.5. The van der Waals surface area contributed by atoms with Gasteiger partial charge >= 0.3 is 12.1 Å². The molecule has 0 aliphatic rings. The van der Waals surface area contributed by atoms with Crippen LogP contribution in [0.3, 0.4) is 0 Å². The summed E-state index contributed by atoms with van der Waals surface area (Å²) in [5.74, 6) is -2.93. The largest absolute Gasteiger partial charge is 0.478 e. The van der Waals surface area contributed by atoms with Gasteiger partial charge in [0.1, 0.15) is 0 Å². The van der Waals surface area contributed by atoms with E-state index in [4.69, 9.17) is 5.11 Å². The first kappa shape index (κ1) is 25.4. The average Bonchev–Trinajstić information content (AvgIpc) is 2.88. The molecule has 1 aromatic heterocycles. The Balaban J connectivity index is 1.83. The molecule has 3 aromatic carbocycles. The zero-order valence-corrected chi connectivity index (χ0v) is 19.3. The van der Waals surface area contributed by atoms with Crippen molar-refractivity contribution in [2.24, 2.45) is 0 Å². The minimum Gasteiger partial charge on any atom is -0.478 e. The van der Waals surface area contributed by atoms with Gasteiger partial charge in [0.25, 0.3) is 5.56 Å². The van der Waals surface area contributed by atoms with Crippen molar-refractivity contribution in [3.05, 3.63) is 124 Å². The Labute approximate surface area is 209 Å². The van der Waals surface area contributed by atoms with Gasteiger partial charge in [-0.05, 0) is 59.5 Å². The molecule has 4 aromatic rings. The number of aromatic nitrogens is 1. The van der Waals surface area contributed by atoms with Gasteiger partial charge in [0.2, 0.25) is 5.91 Å². The molecule has 0 spiro atoms. The quantitative estimate of drug-likeness (QED) is 0.298. The van der Waals surface area contributed by atoms with Crippen LogP contribution >= 0.6 is 0 Å². The number of carboxylic acid groups (broad SMARTS) is 1. The highest BCUT2D eigenvalue weighted by atomic mass is 19.4. The van der Waals surface area contributed by atoms with E-state index in [0.29, 0.717) is 5.56 Å². The number of amides is 1. The lowest BCUT2D eigenvalue weighted by atomic mass is 9.85. The van der Waals surface area contributed by atoms with E-state index in [1.165, 1.54) is 54.7 Å². The van der Waals surface area contributed by atoms with Crippen LogP contribution in [0.5, 0.6) is 0 Å². The third-order valence-electron chi connectivity index (χ3n) is 5.87. The Morgan fingerprint density at radius 2 is 1.51 bits per heavy atom. The fourth-order valence-electron chi connectivity index (χ4n) is 4.14. The Hall–Kier alpha value is -4.66. The summed E-state index contributed by atoms with van der Waals surface area (Å²) in [4.78, 5) is 40.3. The molecule has 0 aliphatic heterocycles. The van der Waals surface area contributed by atoms with Gasteiger partial charge in [0.05, 0.1) is 17.0 Å². The lowest BCUT2D eigenvalue weighted by Gasteiger charge is -2.21. The summed E-state index contributed by atoms with van der Waals surface area (Å²) in [6.45, 7) is 0. The molecular formula is C28H21F3N2O4. The Morgan fingerprint density at radius 1 is 0.865 bits per heavy atom. The van der Waals surface area contributed by atoms with E-state index < -0.39 is 35.1 Å². The number of hydrogen-bond acceptors (Lipinski definition) is 3. The normalized spacial score (nSPS) is 12.1. The SMILES string of the molecule is O=C(O)c1ccc(NC(=O)C(Cc2ccccc2)c2c(-c3ccccc3C(F)(F)F)cc[nH]c2=O)cc1. The number of aromatic amines is 1. The summed E-state index contributed by atoms with van der Waals surface area (Å²) in [6, 6.07) is 20.5. The second kappa shape index (κ2) is 10.5. The van der Waals surface area contributed by atoms with Crippen molar-refractivity contribution in [2.45, 2.75) is 18.5 Å². The molecule has 1 unspecified atom stereocenters. The number of nitrogens with one attached hydrogen (secondary N) is 2. The fraction of sp³-hybridized carbons (Fsp3) is 0.107. The highest BCUT2D eigenvalue weighted by Crippen LogP contribution is 2.39.